The van der Waals surface area contributed by atoms with Crippen LogP contribution in [0.5, 0.6) is 0 Å². The third-order valence-electron chi connectivity index (χ3n) is 3.25. The van der Waals surface area contributed by atoms with E-state index >= 15 is 0 Å². The second kappa shape index (κ2) is 6.54. The molecule has 0 aliphatic heterocycles. The summed E-state index contributed by atoms with van der Waals surface area (Å²) < 4.78 is 17.7. The number of thiazole rings is 1. The van der Waals surface area contributed by atoms with Crippen molar-refractivity contribution < 1.29 is 8.63 Å². The molecule has 0 aliphatic rings. The summed E-state index contributed by atoms with van der Waals surface area (Å²) >= 11 is 1.58. The number of oxazole rings is 1. The molecule has 6 heteroatoms. The zero-order valence-corrected chi connectivity index (χ0v) is 14.0. The van der Waals surface area contributed by atoms with Gasteiger partial charge in [-0.2, -0.15) is 0 Å². The van der Waals surface area contributed by atoms with E-state index in [0.717, 1.165) is 26.9 Å². The Morgan fingerprint density at radius 1 is 1.18 bits per heavy atom. The first-order valence-corrected chi connectivity index (χ1v) is 9.20. The molecule has 4 nitrogen and oxygen atoms in total. The van der Waals surface area contributed by atoms with E-state index in [0.29, 0.717) is 17.4 Å². The van der Waals surface area contributed by atoms with E-state index in [1.54, 1.807) is 11.3 Å². The number of rotatable bonds is 5. The lowest BCUT2D eigenvalue weighted by molar-refractivity contribution is 0.487. The van der Waals surface area contributed by atoms with E-state index in [4.69, 9.17) is 4.42 Å². The van der Waals surface area contributed by atoms with Crippen LogP contribution in [-0.2, 0) is 22.3 Å². The van der Waals surface area contributed by atoms with E-state index in [1.165, 1.54) is 0 Å². The second-order valence-corrected chi connectivity index (χ2v) is 7.53. The average Bonchev–Trinajstić information content (AvgIpc) is 3.07. The summed E-state index contributed by atoms with van der Waals surface area (Å²) in [6.07, 6.45) is 1.84. The smallest absolute Gasteiger partial charge is 0.207 e. The molecule has 0 saturated heterocycles. The standard InChI is InChI=1S/C16H16N2O2S2/c1-11-12(2)20-15(18-11)9-22(19)10-16-17-8-14(21-16)13-6-4-3-5-7-13/h3-8H,9-10H2,1-2H3/t22-/m1/s1. The number of nitrogens with zero attached hydrogens (tertiary/aromatic N) is 2. The van der Waals surface area contributed by atoms with Gasteiger partial charge in [-0.05, 0) is 19.4 Å². The molecule has 0 amide bonds. The van der Waals surface area contributed by atoms with E-state index in [2.05, 4.69) is 9.97 Å². The summed E-state index contributed by atoms with van der Waals surface area (Å²) in [5.41, 5.74) is 1.99. The van der Waals surface area contributed by atoms with E-state index in [9.17, 15) is 4.21 Å². The lowest BCUT2D eigenvalue weighted by atomic mass is 10.2. The highest BCUT2D eigenvalue weighted by molar-refractivity contribution is 7.83. The Kier molecular flexibility index (Phi) is 4.49. The van der Waals surface area contributed by atoms with Crippen molar-refractivity contribution in [3.8, 4) is 10.4 Å². The maximum atomic E-state index is 12.2. The maximum absolute atomic E-state index is 12.2. The second-order valence-electron chi connectivity index (χ2n) is 4.96. The van der Waals surface area contributed by atoms with Gasteiger partial charge in [0.25, 0.3) is 0 Å². The van der Waals surface area contributed by atoms with Crippen molar-refractivity contribution in [1.29, 1.82) is 0 Å². The Hall–Kier alpha value is -1.79. The third kappa shape index (κ3) is 3.51. The predicted molar refractivity (Wildman–Crippen MR) is 89.1 cm³/mol. The molecule has 0 fully saturated rings. The Bertz CT molecular complexity index is 774. The Labute approximate surface area is 135 Å². The van der Waals surface area contributed by atoms with Crippen LogP contribution in [0.25, 0.3) is 10.4 Å². The van der Waals surface area contributed by atoms with Gasteiger partial charge in [-0.25, -0.2) is 9.97 Å². The molecule has 22 heavy (non-hydrogen) atoms. The summed E-state index contributed by atoms with van der Waals surface area (Å²) in [4.78, 5) is 9.73. The molecule has 2 aromatic heterocycles. The molecule has 0 bridgehead atoms. The summed E-state index contributed by atoms with van der Waals surface area (Å²) in [6, 6.07) is 10.1. The number of hydrogen-bond donors (Lipinski definition) is 0. The van der Waals surface area contributed by atoms with Crippen LogP contribution in [0.3, 0.4) is 0 Å². The van der Waals surface area contributed by atoms with Crippen molar-refractivity contribution in [2.75, 3.05) is 0 Å². The number of aryl methyl sites for hydroxylation is 2. The molecule has 0 unspecified atom stereocenters. The zero-order chi connectivity index (χ0) is 15.5. The van der Waals surface area contributed by atoms with Crippen LogP contribution < -0.4 is 0 Å². The minimum absolute atomic E-state index is 0.328. The summed E-state index contributed by atoms with van der Waals surface area (Å²) in [7, 11) is -1.07. The minimum atomic E-state index is -1.07. The van der Waals surface area contributed by atoms with Crippen LogP contribution in [0, 0.1) is 13.8 Å². The van der Waals surface area contributed by atoms with E-state index in [1.807, 2.05) is 50.4 Å². The molecule has 3 rings (SSSR count). The molecule has 1 atom stereocenters. The summed E-state index contributed by atoms with van der Waals surface area (Å²) in [6.45, 7) is 3.75. The fourth-order valence-electron chi connectivity index (χ4n) is 2.04. The quantitative estimate of drug-likeness (QED) is 0.712. The van der Waals surface area contributed by atoms with Gasteiger partial charge in [-0.1, -0.05) is 30.3 Å². The lowest BCUT2D eigenvalue weighted by Crippen LogP contribution is -1.99. The van der Waals surface area contributed by atoms with E-state index < -0.39 is 10.8 Å². The first-order chi connectivity index (χ1) is 10.6. The Morgan fingerprint density at radius 2 is 1.95 bits per heavy atom. The van der Waals surface area contributed by atoms with Crippen molar-refractivity contribution >= 4 is 22.1 Å². The molecule has 0 spiro atoms. The maximum Gasteiger partial charge on any atom is 0.207 e. The van der Waals surface area contributed by atoms with E-state index in [-0.39, 0.29) is 0 Å². The highest BCUT2D eigenvalue weighted by Gasteiger charge is 2.12. The van der Waals surface area contributed by atoms with Gasteiger partial charge in [0.15, 0.2) is 0 Å². The van der Waals surface area contributed by atoms with Crippen LogP contribution in [-0.4, -0.2) is 14.2 Å². The summed E-state index contributed by atoms with van der Waals surface area (Å²) in [5, 5.41) is 0.872. The monoisotopic (exact) mass is 332 g/mol. The van der Waals surface area contributed by atoms with Crippen LogP contribution in [0.15, 0.2) is 40.9 Å². The van der Waals surface area contributed by atoms with Gasteiger partial charge in [0.1, 0.15) is 16.5 Å². The fourth-order valence-corrected chi connectivity index (χ4v) is 4.24. The van der Waals surface area contributed by atoms with Crippen molar-refractivity contribution in [2.24, 2.45) is 0 Å². The molecule has 3 aromatic rings. The van der Waals surface area contributed by atoms with Crippen LogP contribution in [0.1, 0.15) is 22.4 Å². The normalized spacial score (nSPS) is 12.5. The van der Waals surface area contributed by atoms with Gasteiger partial charge in [0, 0.05) is 17.0 Å². The fraction of sp³-hybridized carbons (Fsp3) is 0.250. The molecule has 114 valence electrons. The average molecular weight is 332 g/mol. The molecule has 0 aliphatic carbocycles. The first-order valence-electron chi connectivity index (χ1n) is 6.90. The topological polar surface area (TPSA) is 56.0 Å². The van der Waals surface area contributed by atoms with Gasteiger partial charge in [0.05, 0.1) is 16.3 Å². The van der Waals surface area contributed by atoms with Crippen LogP contribution in [0.2, 0.25) is 0 Å². The van der Waals surface area contributed by atoms with Crippen molar-refractivity contribution in [3.63, 3.8) is 0 Å². The molecule has 0 N–H and O–H groups in total. The van der Waals surface area contributed by atoms with Crippen LogP contribution >= 0.6 is 11.3 Å². The van der Waals surface area contributed by atoms with Crippen molar-refractivity contribution in [3.05, 3.63) is 58.9 Å². The third-order valence-corrected chi connectivity index (χ3v) is 5.65. The predicted octanol–water partition coefficient (Wildman–Crippen LogP) is 3.86. The van der Waals surface area contributed by atoms with Gasteiger partial charge in [-0.15, -0.1) is 11.3 Å². The first kappa shape index (κ1) is 15.1. The highest BCUT2D eigenvalue weighted by Crippen LogP contribution is 2.26. The largest absolute Gasteiger partial charge is 0.445 e. The number of benzene rings is 1. The van der Waals surface area contributed by atoms with Gasteiger partial charge in [-0.3, -0.25) is 4.21 Å². The zero-order valence-electron chi connectivity index (χ0n) is 12.4. The van der Waals surface area contributed by atoms with Crippen molar-refractivity contribution in [2.45, 2.75) is 25.4 Å². The van der Waals surface area contributed by atoms with Gasteiger partial charge >= 0.3 is 0 Å². The number of hydrogen-bond acceptors (Lipinski definition) is 5. The van der Waals surface area contributed by atoms with Gasteiger partial charge in [0.2, 0.25) is 5.89 Å². The summed E-state index contributed by atoms with van der Waals surface area (Å²) in [5.74, 6) is 2.08. The molecule has 2 heterocycles. The Balaban J connectivity index is 1.66. The molecule has 0 radical (unpaired) electrons. The Morgan fingerprint density at radius 3 is 2.64 bits per heavy atom. The van der Waals surface area contributed by atoms with Crippen molar-refractivity contribution in [1.82, 2.24) is 9.97 Å². The molecule has 1 aromatic carbocycles. The molecular formula is C16H16N2O2S2. The SMILES string of the molecule is Cc1nc(C[S@@](=O)Cc2ncc(-c3ccccc3)s2)oc1C. The minimum Gasteiger partial charge on any atom is -0.445 e. The number of aromatic nitrogens is 2. The lowest BCUT2D eigenvalue weighted by Gasteiger charge is -1.96. The molecule has 0 saturated carbocycles. The highest BCUT2D eigenvalue weighted by atomic mass is 32.2. The molecular weight excluding hydrogens is 316 g/mol. The van der Waals surface area contributed by atoms with Gasteiger partial charge < -0.3 is 4.42 Å². The van der Waals surface area contributed by atoms with Crippen LogP contribution in [0.4, 0.5) is 0 Å².